The quantitative estimate of drug-likeness (QED) is 0.899. The van der Waals surface area contributed by atoms with Crippen LogP contribution in [0.15, 0.2) is 42.5 Å². The predicted molar refractivity (Wildman–Crippen MR) is 74.1 cm³/mol. The highest BCUT2D eigenvalue weighted by molar-refractivity contribution is 5.58. The second kappa shape index (κ2) is 4.92. The van der Waals surface area contributed by atoms with Crippen molar-refractivity contribution in [3.63, 3.8) is 0 Å². The molecule has 0 aromatic heterocycles. The maximum absolute atomic E-state index is 13.2. The molecule has 1 aliphatic rings. The van der Waals surface area contributed by atoms with Gasteiger partial charge in [-0.15, -0.1) is 0 Å². The van der Waals surface area contributed by atoms with Gasteiger partial charge in [0.1, 0.15) is 11.6 Å². The SMILES string of the molecule is CCOc1ccc(C2Cc3cc(F)ccc3N2)cc1. The zero-order chi connectivity index (χ0) is 13.2. The Kier molecular flexibility index (Phi) is 3.11. The van der Waals surface area contributed by atoms with Crippen molar-refractivity contribution in [1.29, 1.82) is 0 Å². The monoisotopic (exact) mass is 257 g/mol. The molecule has 1 heterocycles. The Balaban J connectivity index is 1.78. The minimum Gasteiger partial charge on any atom is -0.494 e. The van der Waals surface area contributed by atoms with Gasteiger partial charge in [0, 0.05) is 5.69 Å². The summed E-state index contributed by atoms with van der Waals surface area (Å²) in [6.07, 6.45) is 0.821. The topological polar surface area (TPSA) is 21.3 Å². The fourth-order valence-electron chi connectivity index (χ4n) is 2.49. The fourth-order valence-corrected chi connectivity index (χ4v) is 2.49. The maximum atomic E-state index is 13.2. The Bertz CT molecular complexity index is 580. The second-order valence-corrected chi connectivity index (χ2v) is 4.70. The van der Waals surface area contributed by atoms with E-state index in [4.69, 9.17) is 4.74 Å². The van der Waals surface area contributed by atoms with Crippen LogP contribution in [0.3, 0.4) is 0 Å². The second-order valence-electron chi connectivity index (χ2n) is 4.70. The highest BCUT2D eigenvalue weighted by Crippen LogP contribution is 2.34. The van der Waals surface area contributed by atoms with E-state index in [1.165, 1.54) is 11.6 Å². The largest absolute Gasteiger partial charge is 0.494 e. The van der Waals surface area contributed by atoms with Crippen molar-refractivity contribution in [2.75, 3.05) is 11.9 Å². The molecule has 1 unspecified atom stereocenters. The molecule has 0 amide bonds. The van der Waals surface area contributed by atoms with Crippen molar-refractivity contribution in [3.05, 3.63) is 59.4 Å². The molecule has 3 rings (SSSR count). The standard InChI is InChI=1S/C16H16FNO/c1-2-19-14-6-3-11(4-7-14)16-10-12-9-13(17)5-8-15(12)18-16/h3-9,16,18H,2,10H2,1H3. The van der Waals surface area contributed by atoms with Crippen molar-refractivity contribution < 1.29 is 9.13 Å². The van der Waals surface area contributed by atoms with Crippen LogP contribution in [0.4, 0.5) is 10.1 Å². The van der Waals surface area contributed by atoms with E-state index in [0.29, 0.717) is 6.61 Å². The molecular formula is C16H16FNO. The number of hydrogen-bond donors (Lipinski definition) is 1. The third-order valence-electron chi connectivity index (χ3n) is 3.41. The third-order valence-corrected chi connectivity index (χ3v) is 3.41. The van der Waals surface area contributed by atoms with E-state index >= 15 is 0 Å². The number of ether oxygens (including phenoxy) is 1. The van der Waals surface area contributed by atoms with Gasteiger partial charge < -0.3 is 10.1 Å². The summed E-state index contributed by atoms with van der Waals surface area (Å²) in [5.74, 6) is 0.709. The molecule has 98 valence electrons. The Morgan fingerprint density at radius 1 is 1.21 bits per heavy atom. The van der Waals surface area contributed by atoms with Crippen LogP contribution in [0.1, 0.15) is 24.1 Å². The number of rotatable bonds is 3. The van der Waals surface area contributed by atoms with Crippen molar-refractivity contribution in [1.82, 2.24) is 0 Å². The molecule has 0 radical (unpaired) electrons. The number of anilines is 1. The Morgan fingerprint density at radius 2 is 2.00 bits per heavy atom. The average Bonchev–Trinajstić information content (AvgIpc) is 2.83. The molecule has 2 aromatic rings. The van der Waals surface area contributed by atoms with Crippen molar-refractivity contribution in [3.8, 4) is 5.75 Å². The van der Waals surface area contributed by atoms with Crippen LogP contribution in [0.25, 0.3) is 0 Å². The molecule has 2 nitrogen and oxygen atoms in total. The van der Waals surface area contributed by atoms with E-state index < -0.39 is 0 Å². The van der Waals surface area contributed by atoms with Gasteiger partial charge in [-0.25, -0.2) is 4.39 Å². The summed E-state index contributed by atoms with van der Waals surface area (Å²) >= 11 is 0. The lowest BCUT2D eigenvalue weighted by Gasteiger charge is -2.12. The third kappa shape index (κ3) is 2.41. The van der Waals surface area contributed by atoms with Gasteiger partial charge in [-0.05, 0) is 54.8 Å². The number of fused-ring (bicyclic) bond motifs is 1. The summed E-state index contributed by atoms with van der Waals surface area (Å²) in [7, 11) is 0. The van der Waals surface area contributed by atoms with Gasteiger partial charge in [0.25, 0.3) is 0 Å². The van der Waals surface area contributed by atoms with Crippen molar-refractivity contribution in [2.24, 2.45) is 0 Å². The van der Waals surface area contributed by atoms with Crippen LogP contribution < -0.4 is 10.1 Å². The predicted octanol–water partition coefficient (Wildman–Crippen LogP) is 3.93. The maximum Gasteiger partial charge on any atom is 0.123 e. The number of nitrogens with one attached hydrogen (secondary N) is 1. The molecule has 0 fully saturated rings. The average molecular weight is 257 g/mol. The highest BCUT2D eigenvalue weighted by Gasteiger charge is 2.22. The first-order chi connectivity index (χ1) is 9.26. The number of benzene rings is 2. The van der Waals surface area contributed by atoms with Crippen LogP contribution in [-0.4, -0.2) is 6.61 Å². The highest BCUT2D eigenvalue weighted by atomic mass is 19.1. The zero-order valence-electron chi connectivity index (χ0n) is 10.8. The van der Waals surface area contributed by atoms with E-state index in [0.717, 1.165) is 23.4 Å². The zero-order valence-corrected chi connectivity index (χ0v) is 10.8. The molecule has 1 atom stereocenters. The Labute approximate surface area is 112 Å². The molecule has 1 aliphatic heterocycles. The summed E-state index contributed by atoms with van der Waals surface area (Å²) in [4.78, 5) is 0. The van der Waals surface area contributed by atoms with E-state index in [-0.39, 0.29) is 11.9 Å². The molecule has 2 aromatic carbocycles. The lowest BCUT2D eigenvalue weighted by Crippen LogP contribution is -2.05. The molecule has 0 saturated carbocycles. The summed E-state index contributed by atoms with van der Waals surface area (Å²) in [5.41, 5.74) is 3.26. The van der Waals surface area contributed by atoms with Gasteiger partial charge >= 0.3 is 0 Å². The molecular weight excluding hydrogens is 241 g/mol. The first kappa shape index (κ1) is 12.0. The Morgan fingerprint density at radius 3 is 2.74 bits per heavy atom. The van der Waals surface area contributed by atoms with Gasteiger partial charge in [0.15, 0.2) is 0 Å². The van der Waals surface area contributed by atoms with Crippen LogP contribution >= 0.6 is 0 Å². The minimum absolute atomic E-state index is 0.173. The van der Waals surface area contributed by atoms with E-state index in [9.17, 15) is 4.39 Å². The van der Waals surface area contributed by atoms with Crippen molar-refractivity contribution >= 4 is 5.69 Å². The van der Waals surface area contributed by atoms with Crippen LogP contribution in [0.5, 0.6) is 5.75 Å². The molecule has 1 N–H and O–H groups in total. The van der Waals surface area contributed by atoms with Crippen LogP contribution in [0.2, 0.25) is 0 Å². The Hall–Kier alpha value is -2.03. The molecule has 0 saturated heterocycles. The first-order valence-electron chi connectivity index (χ1n) is 6.54. The number of hydrogen-bond acceptors (Lipinski definition) is 2. The van der Waals surface area contributed by atoms with Gasteiger partial charge in [0.05, 0.1) is 12.6 Å². The summed E-state index contributed by atoms with van der Waals surface area (Å²) in [5, 5.41) is 3.42. The molecule has 3 heteroatoms. The lowest BCUT2D eigenvalue weighted by atomic mass is 10.0. The van der Waals surface area contributed by atoms with Crippen molar-refractivity contribution in [2.45, 2.75) is 19.4 Å². The van der Waals surface area contributed by atoms with Gasteiger partial charge in [-0.3, -0.25) is 0 Å². The van der Waals surface area contributed by atoms with E-state index in [2.05, 4.69) is 17.4 Å². The summed E-state index contributed by atoms with van der Waals surface area (Å²) < 4.78 is 18.6. The minimum atomic E-state index is -0.173. The van der Waals surface area contributed by atoms with Crippen LogP contribution in [-0.2, 0) is 6.42 Å². The lowest BCUT2D eigenvalue weighted by molar-refractivity contribution is 0.340. The summed E-state index contributed by atoms with van der Waals surface area (Å²) in [6, 6.07) is 13.2. The van der Waals surface area contributed by atoms with Crippen LogP contribution in [0, 0.1) is 5.82 Å². The summed E-state index contributed by atoms with van der Waals surface area (Å²) in [6.45, 7) is 2.64. The molecule has 0 bridgehead atoms. The first-order valence-corrected chi connectivity index (χ1v) is 6.54. The molecule has 0 aliphatic carbocycles. The fraction of sp³-hybridized carbons (Fsp3) is 0.250. The van der Waals surface area contributed by atoms with Gasteiger partial charge in [0.2, 0.25) is 0 Å². The van der Waals surface area contributed by atoms with Gasteiger partial charge in [-0.1, -0.05) is 12.1 Å². The number of halogens is 1. The molecule has 0 spiro atoms. The van der Waals surface area contributed by atoms with E-state index in [1.54, 1.807) is 12.1 Å². The molecule has 19 heavy (non-hydrogen) atoms. The normalized spacial score (nSPS) is 16.8. The van der Waals surface area contributed by atoms with E-state index in [1.807, 2.05) is 19.1 Å². The van der Waals surface area contributed by atoms with Gasteiger partial charge in [-0.2, -0.15) is 0 Å². The smallest absolute Gasteiger partial charge is 0.123 e.